The van der Waals surface area contributed by atoms with E-state index in [1.54, 1.807) is 0 Å². The number of para-hydroxylation sites is 1. The van der Waals surface area contributed by atoms with Crippen molar-refractivity contribution in [3.8, 4) is 0 Å². The van der Waals surface area contributed by atoms with Crippen LogP contribution in [0.1, 0.15) is 26.2 Å². The largest absolute Gasteiger partial charge is 0.270 e. The summed E-state index contributed by atoms with van der Waals surface area (Å²) in [5.41, 5.74) is 0.751. The van der Waals surface area contributed by atoms with Crippen LogP contribution in [0.4, 0.5) is 5.69 Å². The maximum Gasteiger partial charge on any atom is 0.232 e. The standard InChI is InChI=1S/C12H19NO2S/c1-3-4-8-11-13(16(2,14)15)12-9-6-5-7-10-12/h5-7,9-10H,3-4,8,11H2,1-2H3. The molecule has 0 radical (unpaired) electrons. The Morgan fingerprint density at radius 1 is 1.12 bits per heavy atom. The van der Waals surface area contributed by atoms with Crippen molar-refractivity contribution in [2.75, 3.05) is 17.1 Å². The van der Waals surface area contributed by atoms with Crippen LogP contribution in [0.3, 0.4) is 0 Å². The molecule has 0 aliphatic carbocycles. The van der Waals surface area contributed by atoms with Crippen LogP contribution >= 0.6 is 0 Å². The molecule has 0 saturated carbocycles. The van der Waals surface area contributed by atoms with Crippen molar-refractivity contribution < 1.29 is 8.42 Å². The van der Waals surface area contributed by atoms with Crippen LogP contribution in [-0.4, -0.2) is 21.2 Å². The molecule has 0 aliphatic rings. The lowest BCUT2D eigenvalue weighted by Gasteiger charge is -2.22. The van der Waals surface area contributed by atoms with Gasteiger partial charge in [0.25, 0.3) is 0 Å². The van der Waals surface area contributed by atoms with Gasteiger partial charge in [0.05, 0.1) is 11.9 Å². The van der Waals surface area contributed by atoms with Gasteiger partial charge in [-0.3, -0.25) is 4.31 Å². The molecule has 0 aliphatic heterocycles. The Kier molecular flexibility index (Phi) is 4.80. The van der Waals surface area contributed by atoms with Gasteiger partial charge >= 0.3 is 0 Å². The Bertz CT molecular complexity index is 400. The molecule has 1 aromatic rings. The highest BCUT2D eigenvalue weighted by molar-refractivity contribution is 7.92. The van der Waals surface area contributed by atoms with Gasteiger partial charge in [-0.1, -0.05) is 38.0 Å². The number of hydrogen-bond donors (Lipinski definition) is 0. The van der Waals surface area contributed by atoms with Gasteiger partial charge in [0, 0.05) is 6.54 Å². The molecule has 16 heavy (non-hydrogen) atoms. The normalized spacial score (nSPS) is 11.4. The molecule has 0 atom stereocenters. The Morgan fingerprint density at radius 2 is 1.75 bits per heavy atom. The first-order valence-corrected chi connectivity index (χ1v) is 7.43. The van der Waals surface area contributed by atoms with Gasteiger partial charge in [-0.25, -0.2) is 8.42 Å². The third-order valence-electron chi connectivity index (χ3n) is 2.41. The Labute approximate surface area is 98.1 Å². The van der Waals surface area contributed by atoms with Gasteiger partial charge in [-0.05, 0) is 18.6 Å². The molecule has 0 aromatic heterocycles. The monoisotopic (exact) mass is 241 g/mol. The SMILES string of the molecule is CCCCCN(c1ccccc1)S(C)(=O)=O. The molecule has 0 amide bonds. The van der Waals surface area contributed by atoms with Crippen molar-refractivity contribution in [2.24, 2.45) is 0 Å². The molecule has 4 heteroatoms. The molecule has 0 spiro atoms. The average Bonchev–Trinajstić information content (AvgIpc) is 2.24. The fraction of sp³-hybridized carbons (Fsp3) is 0.500. The van der Waals surface area contributed by atoms with E-state index >= 15 is 0 Å². The predicted molar refractivity (Wildman–Crippen MR) is 68.2 cm³/mol. The highest BCUT2D eigenvalue weighted by Crippen LogP contribution is 2.17. The number of nitrogens with zero attached hydrogens (tertiary/aromatic N) is 1. The quantitative estimate of drug-likeness (QED) is 0.718. The van der Waals surface area contributed by atoms with Crippen molar-refractivity contribution in [1.82, 2.24) is 0 Å². The van der Waals surface area contributed by atoms with E-state index in [0.717, 1.165) is 24.9 Å². The van der Waals surface area contributed by atoms with Crippen molar-refractivity contribution in [1.29, 1.82) is 0 Å². The molecule has 1 rings (SSSR count). The minimum atomic E-state index is -3.17. The first kappa shape index (κ1) is 13.0. The summed E-state index contributed by atoms with van der Waals surface area (Å²) in [4.78, 5) is 0. The summed E-state index contributed by atoms with van der Waals surface area (Å²) in [6, 6.07) is 9.25. The van der Waals surface area contributed by atoms with Gasteiger partial charge in [-0.2, -0.15) is 0 Å². The predicted octanol–water partition coefficient (Wildman–Crippen LogP) is 2.64. The zero-order chi connectivity index (χ0) is 12.0. The minimum Gasteiger partial charge on any atom is -0.270 e. The van der Waals surface area contributed by atoms with Crippen molar-refractivity contribution in [2.45, 2.75) is 26.2 Å². The molecule has 0 saturated heterocycles. The fourth-order valence-corrected chi connectivity index (χ4v) is 2.55. The summed E-state index contributed by atoms with van der Waals surface area (Å²) >= 11 is 0. The van der Waals surface area contributed by atoms with Gasteiger partial charge in [0.15, 0.2) is 0 Å². The molecule has 0 N–H and O–H groups in total. The van der Waals surface area contributed by atoms with Crippen LogP contribution < -0.4 is 4.31 Å². The van der Waals surface area contributed by atoms with E-state index in [9.17, 15) is 8.42 Å². The maximum absolute atomic E-state index is 11.7. The molecule has 3 nitrogen and oxygen atoms in total. The highest BCUT2D eigenvalue weighted by atomic mass is 32.2. The second-order valence-corrected chi connectivity index (χ2v) is 5.78. The summed E-state index contributed by atoms with van der Waals surface area (Å²) in [6.07, 6.45) is 4.30. The van der Waals surface area contributed by atoms with Gasteiger partial charge in [0.1, 0.15) is 0 Å². The second kappa shape index (κ2) is 5.89. The third-order valence-corrected chi connectivity index (χ3v) is 3.60. The van der Waals surface area contributed by atoms with Crippen molar-refractivity contribution in [3.63, 3.8) is 0 Å². The molecule has 0 fully saturated rings. The van der Waals surface area contributed by atoms with Crippen LogP contribution in [0, 0.1) is 0 Å². The molecule has 1 aromatic carbocycles. The number of sulfonamides is 1. The second-order valence-electron chi connectivity index (χ2n) is 3.88. The molecule has 90 valence electrons. The van der Waals surface area contributed by atoms with E-state index in [1.165, 1.54) is 10.6 Å². The molecule has 0 unspecified atom stereocenters. The van der Waals surface area contributed by atoms with Gasteiger partial charge in [-0.15, -0.1) is 0 Å². The summed E-state index contributed by atoms with van der Waals surface area (Å²) in [6.45, 7) is 2.67. The lowest BCUT2D eigenvalue weighted by Crippen LogP contribution is -2.30. The van der Waals surface area contributed by atoms with Crippen molar-refractivity contribution >= 4 is 15.7 Å². The zero-order valence-electron chi connectivity index (χ0n) is 9.89. The smallest absolute Gasteiger partial charge is 0.232 e. The summed E-state index contributed by atoms with van der Waals surface area (Å²) in [5, 5.41) is 0. The van der Waals surface area contributed by atoms with Crippen LogP contribution in [0.2, 0.25) is 0 Å². The van der Waals surface area contributed by atoms with E-state index in [1.807, 2.05) is 30.3 Å². The van der Waals surface area contributed by atoms with Gasteiger partial charge < -0.3 is 0 Å². The average molecular weight is 241 g/mol. The lowest BCUT2D eigenvalue weighted by atomic mass is 10.2. The molecule has 0 bridgehead atoms. The van der Waals surface area contributed by atoms with Crippen molar-refractivity contribution in [3.05, 3.63) is 30.3 Å². The lowest BCUT2D eigenvalue weighted by molar-refractivity contribution is 0.593. The Hall–Kier alpha value is -1.03. The first-order chi connectivity index (χ1) is 7.55. The summed E-state index contributed by atoms with van der Waals surface area (Å²) in [5.74, 6) is 0. The number of anilines is 1. The number of rotatable bonds is 6. The van der Waals surface area contributed by atoms with E-state index in [2.05, 4.69) is 6.92 Å². The Morgan fingerprint density at radius 3 is 2.25 bits per heavy atom. The molecular formula is C12H19NO2S. The first-order valence-electron chi connectivity index (χ1n) is 5.58. The third kappa shape index (κ3) is 3.85. The zero-order valence-corrected chi connectivity index (χ0v) is 10.7. The maximum atomic E-state index is 11.7. The van der Waals surface area contributed by atoms with Crippen LogP contribution in [0.5, 0.6) is 0 Å². The van der Waals surface area contributed by atoms with Gasteiger partial charge in [0.2, 0.25) is 10.0 Å². The molecular weight excluding hydrogens is 222 g/mol. The fourth-order valence-electron chi connectivity index (χ4n) is 1.59. The van der Waals surface area contributed by atoms with Crippen LogP contribution in [-0.2, 0) is 10.0 Å². The van der Waals surface area contributed by atoms with Crippen LogP contribution in [0.25, 0.3) is 0 Å². The number of unbranched alkanes of at least 4 members (excludes halogenated alkanes) is 2. The highest BCUT2D eigenvalue weighted by Gasteiger charge is 2.15. The Balaban J connectivity index is 2.81. The number of hydrogen-bond acceptors (Lipinski definition) is 2. The van der Waals surface area contributed by atoms with Crippen LogP contribution in [0.15, 0.2) is 30.3 Å². The summed E-state index contributed by atoms with van der Waals surface area (Å²) < 4.78 is 24.8. The van der Waals surface area contributed by atoms with E-state index in [4.69, 9.17) is 0 Å². The summed E-state index contributed by atoms with van der Waals surface area (Å²) in [7, 11) is -3.17. The topological polar surface area (TPSA) is 37.4 Å². The minimum absolute atomic E-state index is 0.566. The van der Waals surface area contributed by atoms with E-state index in [0.29, 0.717) is 6.54 Å². The van der Waals surface area contributed by atoms with E-state index < -0.39 is 10.0 Å². The molecule has 0 heterocycles. The van der Waals surface area contributed by atoms with E-state index in [-0.39, 0.29) is 0 Å². The number of benzene rings is 1.